The van der Waals surface area contributed by atoms with Crippen LogP contribution in [0.2, 0.25) is 0 Å². The molecular formula is C27H26Br2N2O5S. The van der Waals surface area contributed by atoms with Gasteiger partial charge in [0.1, 0.15) is 17.5 Å². The van der Waals surface area contributed by atoms with Crippen LogP contribution >= 0.6 is 43.2 Å². The van der Waals surface area contributed by atoms with Crippen molar-refractivity contribution in [3.8, 4) is 11.5 Å². The Morgan fingerprint density at radius 3 is 2.49 bits per heavy atom. The Balaban J connectivity index is 2.01. The zero-order valence-electron chi connectivity index (χ0n) is 21.0. The molecule has 0 saturated carbocycles. The molecule has 4 rings (SSSR count). The van der Waals surface area contributed by atoms with Crippen molar-refractivity contribution in [3.63, 3.8) is 0 Å². The normalized spacial score (nSPS) is 15.5. The molecule has 3 aromatic rings. The number of nitrogens with zero attached hydrogens (tertiary/aromatic N) is 2. The minimum absolute atomic E-state index is 0.0340. The molecular weight excluding hydrogens is 624 g/mol. The molecule has 1 aliphatic heterocycles. The molecule has 1 atom stereocenters. The van der Waals surface area contributed by atoms with E-state index < -0.39 is 12.0 Å². The third-order valence-corrected chi connectivity index (χ3v) is 7.59. The van der Waals surface area contributed by atoms with E-state index in [1.807, 2.05) is 44.2 Å². The van der Waals surface area contributed by atoms with Gasteiger partial charge in [-0.3, -0.25) is 9.36 Å². The van der Waals surface area contributed by atoms with Gasteiger partial charge in [-0.05, 0) is 70.2 Å². The smallest absolute Gasteiger partial charge is 0.338 e. The molecule has 7 nitrogen and oxygen atoms in total. The number of hydrogen-bond donors (Lipinski definition) is 0. The molecule has 0 unspecified atom stereocenters. The maximum Gasteiger partial charge on any atom is 0.338 e. The topological polar surface area (TPSA) is 79.1 Å². The number of carbonyl (C=O) groups excluding carboxylic acids is 1. The van der Waals surface area contributed by atoms with Gasteiger partial charge in [-0.2, -0.15) is 0 Å². The van der Waals surface area contributed by atoms with Crippen LogP contribution in [0.4, 0.5) is 0 Å². The van der Waals surface area contributed by atoms with E-state index in [1.165, 1.54) is 11.3 Å². The van der Waals surface area contributed by atoms with E-state index in [0.717, 1.165) is 14.5 Å². The summed E-state index contributed by atoms with van der Waals surface area (Å²) < 4.78 is 20.6. The van der Waals surface area contributed by atoms with Crippen LogP contribution in [0.5, 0.6) is 11.5 Å². The van der Waals surface area contributed by atoms with E-state index in [1.54, 1.807) is 37.7 Å². The van der Waals surface area contributed by atoms with E-state index in [2.05, 4.69) is 36.9 Å². The lowest BCUT2D eigenvalue weighted by atomic mass is 9.95. The van der Waals surface area contributed by atoms with Crippen molar-refractivity contribution in [2.24, 2.45) is 4.99 Å². The van der Waals surface area contributed by atoms with Gasteiger partial charge in [0.2, 0.25) is 0 Å². The lowest BCUT2D eigenvalue weighted by Gasteiger charge is -2.26. The van der Waals surface area contributed by atoms with Crippen LogP contribution in [-0.4, -0.2) is 30.4 Å². The first kappa shape index (κ1) is 27.3. The number of esters is 1. The highest BCUT2D eigenvalue weighted by molar-refractivity contribution is 9.10. The Bertz CT molecular complexity index is 1570. The van der Waals surface area contributed by atoms with E-state index in [0.29, 0.717) is 37.7 Å². The molecule has 0 spiro atoms. The number of aromatic nitrogens is 1. The van der Waals surface area contributed by atoms with Crippen LogP contribution in [-0.2, 0) is 9.53 Å². The predicted octanol–water partition coefficient (Wildman–Crippen LogP) is 5.12. The molecule has 0 fully saturated rings. The van der Waals surface area contributed by atoms with Gasteiger partial charge in [-0.15, -0.1) is 0 Å². The van der Waals surface area contributed by atoms with Gasteiger partial charge in [0.05, 0.1) is 35.6 Å². The van der Waals surface area contributed by atoms with Crippen LogP contribution in [0.3, 0.4) is 0 Å². The Hall–Kier alpha value is -2.69. The number of thiazole rings is 1. The molecule has 2 aromatic carbocycles. The summed E-state index contributed by atoms with van der Waals surface area (Å²) in [5.41, 5.74) is 1.91. The summed E-state index contributed by atoms with van der Waals surface area (Å²) in [7, 11) is 1.56. The first-order valence-electron chi connectivity index (χ1n) is 11.6. The third-order valence-electron chi connectivity index (χ3n) is 5.62. The van der Waals surface area contributed by atoms with Crippen LogP contribution < -0.4 is 24.4 Å². The minimum Gasteiger partial charge on any atom is -0.496 e. The standard InChI is InChI=1S/C27H26Br2N2O5S/c1-6-35-26(33)23-15(4)30-27-31(24(23)19-13-18(29)8-10-21(19)34-5)25(32)22(37-27)12-16-11-17(28)7-9-20(16)36-14(2)3/h7-14,24H,6H2,1-5H3/b22-12-/t24-/m0/s1. The van der Waals surface area contributed by atoms with Gasteiger partial charge in [-0.1, -0.05) is 43.2 Å². The number of allylic oxidation sites excluding steroid dienone is 1. The summed E-state index contributed by atoms with van der Waals surface area (Å²) in [6, 6.07) is 10.4. The number of ether oxygens (including phenoxy) is 3. The highest BCUT2D eigenvalue weighted by Gasteiger charge is 2.35. The van der Waals surface area contributed by atoms with E-state index in [-0.39, 0.29) is 18.3 Å². The zero-order chi connectivity index (χ0) is 26.9. The summed E-state index contributed by atoms with van der Waals surface area (Å²) in [6.07, 6.45) is 1.76. The second kappa shape index (κ2) is 11.4. The third kappa shape index (κ3) is 5.61. The fourth-order valence-electron chi connectivity index (χ4n) is 4.14. The van der Waals surface area contributed by atoms with Gasteiger partial charge in [0.15, 0.2) is 4.80 Å². The van der Waals surface area contributed by atoms with E-state index in [9.17, 15) is 9.59 Å². The van der Waals surface area contributed by atoms with Gasteiger partial charge >= 0.3 is 5.97 Å². The Kier molecular flexibility index (Phi) is 8.40. The Morgan fingerprint density at radius 1 is 1.16 bits per heavy atom. The molecule has 0 saturated heterocycles. The number of hydrogen-bond acceptors (Lipinski definition) is 7. The fourth-order valence-corrected chi connectivity index (χ4v) is 5.93. The molecule has 1 aliphatic rings. The van der Waals surface area contributed by atoms with E-state index in [4.69, 9.17) is 14.2 Å². The lowest BCUT2D eigenvalue weighted by Crippen LogP contribution is -2.40. The minimum atomic E-state index is -0.779. The van der Waals surface area contributed by atoms with Crippen LogP contribution in [0.15, 0.2) is 66.4 Å². The van der Waals surface area contributed by atoms with Crippen molar-refractivity contribution < 1.29 is 19.0 Å². The second-order valence-corrected chi connectivity index (χ2v) is 11.4. The van der Waals surface area contributed by atoms with Crippen molar-refractivity contribution in [1.29, 1.82) is 0 Å². The van der Waals surface area contributed by atoms with Crippen LogP contribution in [0.1, 0.15) is 44.9 Å². The molecule has 2 heterocycles. The molecule has 0 aliphatic carbocycles. The summed E-state index contributed by atoms with van der Waals surface area (Å²) >= 11 is 8.28. The number of rotatable bonds is 7. The van der Waals surface area contributed by atoms with Crippen molar-refractivity contribution in [2.45, 2.75) is 39.8 Å². The summed E-state index contributed by atoms with van der Waals surface area (Å²) in [6.45, 7) is 7.59. The quantitative estimate of drug-likeness (QED) is 0.332. The molecule has 194 valence electrons. The summed E-state index contributed by atoms with van der Waals surface area (Å²) in [5, 5.41) is 0. The highest BCUT2D eigenvalue weighted by Crippen LogP contribution is 2.37. The van der Waals surface area contributed by atoms with Gasteiger partial charge in [0, 0.05) is 20.1 Å². The zero-order valence-corrected chi connectivity index (χ0v) is 25.0. The first-order valence-corrected chi connectivity index (χ1v) is 14.0. The average Bonchev–Trinajstić information content (AvgIpc) is 3.14. The Labute approximate surface area is 235 Å². The van der Waals surface area contributed by atoms with Gasteiger partial charge in [-0.25, -0.2) is 9.79 Å². The maximum absolute atomic E-state index is 13.9. The first-order chi connectivity index (χ1) is 17.6. The summed E-state index contributed by atoms with van der Waals surface area (Å²) in [5.74, 6) is 0.682. The van der Waals surface area contributed by atoms with Crippen molar-refractivity contribution in [1.82, 2.24) is 4.57 Å². The molecule has 1 aromatic heterocycles. The predicted molar refractivity (Wildman–Crippen MR) is 151 cm³/mol. The maximum atomic E-state index is 13.9. The number of methoxy groups -OCH3 is 1. The monoisotopic (exact) mass is 648 g/mol. The number of fused-ring (bicyclic) bond motifs is 1. The number of carbonyl (C=O) groups is 1. The Morgan fingerprint density at radius 2 is 1.84 bits per heavy atom. The van der Waals surface area contributed by atoms with Crippen molar-refractivity contribution >= 4 is 55.2 Å². The molecule has 0 radical (unpaired) electrons. The SMILES string of the molecule is CCOC(=O)C1=C(C)N=c2s/c(=C\c3cc(Br)ccc3OC(C)C)c(=O)n2[C@H]1c1cc(Br)ccc1OC. The second-order valence-electron chi connectivity index (χ2n) is 8.54. The number of halogens is 2. The molecule has 10 heteroatoms. The lowest BCUT2D eigenvalue weighted by molar-refractivity contribution is -0.139. The number of benzene rings is 2. The molecule has 0 bridgehead atoms. The molecule has 0 N–H and O–H groups in total. The average molecular weight is 650 g/mol. The largest absolute Gasteiger partial charge is 0.496 e. The van der Waals surface area contributed by atoms with Crippen LogP contribution in [0.25, 0.3) is 6.08 Å². The summed E-state index contributed by atoms with van der Waals surface area (Å²) in [4.78, 5) is 32.2. The van der Waals surface area contributed by atoms with Gasteiger partial charge in [0.25, 0.3) is 5.56 Å². The van der Waals surface area contributed by atoms with Crippen LogP contribution in [0, 0.1) is 0 Å². The highest BCUT2D eigenvalue weighted by atomic mass is 79.9. The van der Waals surface area contributed by atoms with Crippen molar-refractivity contribution in [2.75, 3.05) is 13.7 Å². The molecule has 0 amide bonds. The van der Waals surface area contributed by atoms with Crippen molar-refractivity contribution in [3.05, 3.63) is 87.4 Å². The van der Waals surface area contributed by atoms with Gasteiger partial charge < -0.3 is 14.2 Å². The molecule has 37 heavy (non-hydrogen) atoms. The van der Waals surface area contributed by atoms with E-state index >= 15 is 0 Å². The fraction of sp³-hybridized carbons (Fsp3) is 0.296.